The Morgan fingerprint density at radius 2 is 1.83 bits per heavy atom. The maximum atomic E-state index is 13.5. The molecule has 0 saturated carbocycles. The number of ether oxygens (including phenoxy) is 1. The molecule has 2 rings (SSSR count). The molecule has 0 saturated heterocycles. The number of benzene rings is 2. The molecular weight excluding hydrogens is 387 g/mol. The van der Waals surface area contributed by atoms with Gasteiger partial charge in [-0.25, -0.2) is 4.39 Å². The van der Waals surface area contributed by atoms with Gasteiger partial charge < -0.3 is 20.1 Å². The molecule has 0 aliphatic carbocycles. The summed E-state index contributed by atoms with van der Waals surface area (Å²) in [5.41, 5.74) is 4.36. The molecule has 0 fully saturated rings. The van der Waals surface area contributed by atoms with Crippen molar-refractivity contribution in [1.82, 2.24) is 0 Å². The van der Waals surface area contributed by atoms with E-state index in [4.69, 9.17) is 9.84 Å². The second-order valence-corrected chi connectivity index (χ2v) is 7.68. The third-order valence-electron chi connectivity index (χ3n) is 4.91. The Kier molecular flexibility index (Phi) is 8.15. The van der Waals surface area contributed by atoms with Crippen molar-refractivity contribution in [2.45, 2.75) is 51.7 Å². The summed E-state index contributed by atoms with van der Waals surface area (Å²) in [6, 6.07) is 8.16. The van der Waals surface area contributed by atoms with Gasteiger partial charge in [-0.2, -0.15) is 0 Å². The SMILES string of the molecule is COc1c(C)cc(C(C)C)c(/C=C/C(O)CC(O)CC(=O)O)c1-c1ccc(F)cc1. The van der Waals surface area contributed by atoms with Gasteiger partial charge in [0.15, 0.2) is 0 Å². The zero-order chi connectivity index (χ0) is 22.4. The molecule has 0 spiro atoms. The Bertz CT molecular complexity index is 903. The van der Waals surface area contributed by atoms with Gasteiger partial charge >= 0.3 is 5.97 Å². The average molecular weight is 416 g/mol. The molecule has 0 bridgehead atoms. The zero-order valence-electron chi connectivity index (χ0n) is 17.7. The lowest BCUT2D eigenvalue weighted by Crippen LogP contribution is -2.19. The number of carboxylic acid groups (broad SMARTS) is 1. The second-order valence-electron chi connectivity index (χ2n) is 7.68. The number of aryl methyl sites for hydroxylation is 1. The van der Waals surface area contributed by atoms with Crippen molar-refractivity contribution in [3.63, 3.8) is 0 Å². The fraction of sp³-hybridized carbons (Fsp3) is 0.375. The quantitative estimate of drug-likeness (QED) is 0.559. The second kappa shape index (κ2) is 10.4. The summed E-state index contributed by atoms with van der Waals surface area (Å²) in [6.45, 7) is 6.06. The van der Waals surface area contributed by atoms with Crippen molar-refractivity contribution < 1.29 is 29.2 Å². The van der Waals surface area contributed by atoms with Gasteiger partial charge in [0.1, 0.15) is 11.6 Å². The van der Waals surface area contributed by atoms with E-state index in [-0.39, 0.29) is 18.2 Å². The van der Waals surface area contributed by atoms with Crippen LogP contribution < -0.4 is 4.74 Å². The molecule has 2 atom stereocenters. The van der Waals surface area contributed by atoms with Gasteiger partial charge in [-0.3, -0.25) is 4.79 Å². The van der Waals surface area contributed by atoms with E-state index in [0.29, 0.717) is 5.75 Å². The van der Waals surface area contributed by atoms with Crippen LogP contribution in [0.25, 0.3) is 17.2 Å². The Morgan fingerprint density at radius 3 is 2.37 bits per heavy atom. The Balaban J connectivity index is 2.55. The van der Waals surface area contributed by atoms with Crippen LogP contribution in [-0.2, 0) is 4.79 Å². The number of hydrogen-bond donors (Lipinski definition) is 3. The van der Waals surface area contributed by atoms with Crippen molar-refractivity contribution in [1.29, 1.82) is 0 Å². The number of aliphatic hydroxyl groups is 2. The molecule has 0 heterocycles. The van der Waals surface area contributed by atoms with Crippen LogP contribution in [0.2, 0.25) is 0 Å². The molecule has 5 nitrogen and oxygen atoms in total. The fourth-order valence-corrected chi connectivity index (χ4v) is 3.51. The first-order valence-corrected chi connectivity index (χ1v) is 9.87. The summed E-state index contributed by atoms with van der Waals surface area (Å²) < 4.78 is 19.2. The van der Waals surface area contributed by atoms with Crippen LogP contribution in [-0.4, -0.2) is 40.6 Å². The number of aliphatic hydroxyl groups excluding tert-OH is 2. The molecule has 162 valence electrons. The molecule has 0 aliphatic rings. The Hall–Kier alpha value is -2.70. The minimum atomic E-state index is -1.14. The lowest BCUT2D eigenvalue weighted by Gasteiger charge is -2.21. The maximum Gasteiger partial charge on any atom is 0.305 e. The highest BCUT2D eigenvalue weighted by molar-refractivity contribution is 5.84. The number of aliphatic carboxylic acids is 1. The molecule has 3 N–H and O–H groups in total. The minimum Gasteiger partial charge on any atom is -0.496 e. The van der Waals surface area contributed by atoms with Crippen LogP contribution in [0.15, 0.2) is 36.4 Å². The molecule has 0 radical (unpaired) electrons. The highest BCUT2D eigenvalue weighted by Gasteiger charge is 2.20. The molecule has 0 aliphatic heterocycles. The molecule has 30 heavy (non-hydrogen) atoms. The summed E-state index contributed by atoms with van der Waals surface area (Å²) in [4.78, 5) is 10.7. The van der Waals surface area contributed by atoms with E-state index in [2.05, 4.69) is 13.8 Å². The highest BCUT2D eigenvalue weighted by atomic mass is 19.1. The van der Waals surface area contributed by atoms with E-state index in [1.165, 1.54) is 18.2 Å². The predicted molar refractivity (Wildman–Crippen MR) is 115 cm³/mol. The molecule has 0 aromatic heterocycles. The van der Waals surface area contributed by atoms with Crippen molar-refractivity contribution >= 4 is 12.0 Å². The van der Waals surface area contributed by atoms with Crippen molar-refractivity contribution in [3.05, 3.63) is 58.9 Å². The highest BCUT2D eigenvalue weighted by Crippen LogP contribution is 2.41. The predicted octanol–water partition coefficient (Wildman–Crippen LogP) is 4.53. The standard InChI is InChI=1S/C24H29FO5/c1-14(2)21-11-15(3)24(30-4)23(16-5-7-17(25)8-6-16)20(21)10-9-18(26)12-19(27)13-22(28)29/h5-11,14,18-19,26-27H,12-13H2,1-4H3,(H,28,29)/b10-9+. The number of carbonyl (C=O) groups is 1. The van der Waals surface area contributed by atoms with Gasteiger partial charge in [0.05, 0.1) is 25.7 Å². The van der Waals surface area contributed by atoms with Crippen LogP contribution in [0.3, 0.4) is 0 Å². The topological polar surface area (TPSA) is 87.0 Å². The number of halogens is 1. The molecule has 2 aromatic carbocycles. The Labute approximate surface area is 176 Å². The normalized spacial score (nSPS) is 13.6. The average Bonchev–Trinajstić information content (AvgIpc) is 2.66. The first-order valence-electron chi connectivity index (χ1n) is 9.87. The van der Waals surface area contributed by atoms with Gasteiger partial charge in [0.25, 0.3) is 0 Å². The molecule has 2 aromatic rings. The largest absolute Gasteiger partial charge is 0.496 e. The summed E-state index contributed by atoms with van der Waals surface area (Å²) in [5.74, 6) is -0.633. The summed E-state index contributed by atoms with van der Waals surface area (Å²) >= 11 is 0. The van der Waals surface area contributed by atoms with Crippen molar-refractivity contribution in [2.75, 3.05) is 7.11 Å². The van der Waals surface area contributed by atoms with Gasteiger partial charge in [0, 0.05) is 12.0 Å². The van der Waals surface area contributed by atoms with E-state index in [0.717, 1.165) is 27.8 Å². The molecule has 6 heteroatoms. The molecule has 0 amide bonds. The molecular formula is C24H29FO5. The maximum absolute atomic E-state index is 13.5. The lowest BCUT2D eigenvalue weighted by atomic mass is 9.87. The van der Waals surface area contributed by atoms with Gasteiger partial charge in [-0.1, -0.05) is 44.2 Å². The van der Waals surface area contributed by atoms with E-state index in [1.807, 2.05) is 13.0 Å². The summed E-state index contributed by atoms with van der Waals surface area (Å²) in [7, 11) is 1.58. The fourth-order valence-electron chi connectivity index (χ4n) is 3.51. The Morgan fingerprint density at radius 1 is 1.20 bits per heavy atom. The van der Waals surface area contributed by atoms with Crippen LogP contribution in [0.1, 0.15) is 49.3 Å². The van der Waals surface area contributed by atoms with Crippen LogP contribution in [0.4, 0.5) is 4.39 Å². The van der Waals surface area contributed by atoms with E-state index in [1.54, 1.807) is 25.3 Å². The van der Waals surface area contributed by atoms with Crippen LogP contribution in [0, 0.1) is 12.7 Å². The van der Waals surface area contributed by atoms with Gasteiger partial charge in [0.2, 0.25) is 0 Å². The van der Waals surface area contributed by atoms with Crippen molar-refractivity contribution in [2.24, 2.45) is 0 Å². The van der Waals surface area contributed by atoms with E-state index < -0.39 is 24.6 Å². The zero-order valence-corrected chi connectivity index (χ0v) is 17.7. The number of methoxy groups -OCH3 is 1. The molecule has 2 unspecified atom stereocenters. The summed E-state index contributed by atoms with van der Waals surface area (Å²) in [6.07, 6.45) is 0.613. The third kappa shape index (κ3) is 5.90. The number of carboxylic acids is 1. The van der Waals surface area contributed by atoms with Crippen molar-refractivity contribution in [3.8, 4) is 16.9 Å². The van der Waals surface area contributed by atoms with Crippen LogP contribution in [0.5, 0.6) is 5.75 Å². The lowest BCUT2D eigenvalue weighted by molar-refractivity contribution is -0.139. The first-order chi connectivity index (χ1) is 14.1. The first kappa shape index (κ1) is 23.6. The minimum absolute atomic E-state index is 0.0886. The van der Waals surface area contributed by atoms with E-state index >= 15 is 0 Å². The van der Waals surface area contributed by atoms with Gasteiger partial charge in [-0.05, 0) is 47.2 Å². The van der Waals surface area contributed by atoms with E-state index in [9.17, 15) is 19.4 Å². The third-order valence-corrected chi connectivity index (χ3v) is 4.91. The van der Waals surface area contributed by atoms with Gasteiger partial charge in [-0.15, -0.1) is 0 Å². The van der Waals surface area contributed by atoms with Crippen LogP contribution >= 0.6 is 0 Å². The number of rotatable bonds is 9. The smallest absolute Gasteiger partial charge is 0.305 e. The summed E-state index contributed by atoms with van der Waals surface area (Å²) in [5, 5.41) is 28.8. The monoisotopic (exact) mass is 416 g/mol. The number of hydrogen-bond acceptors (Lipinski definition) is 4.